The summed E-state index contributed by atoms with van der Waals surface area (Å²) in [5.41, 5.74) is 0.590. The van der Waals surface area contributed by atoms with E-state index in [0.717, 1.165) is 19.4 Å². The third kappa shape index (κ3) is 3.54. The number of amides is 1. The van der Waals surface area contributed by atoms with Crippen molar-refractivity contribution in [1.29, 1.82) is 0 Å². The molecular weight excluding hydrogens is 244 g/mol. The average molecular weight is 262 g/mol. The molecule has 2 rings (SSSR count). The quantitative estimate of drug-likeness (QED) is 0.754. The summed E-state index contributed by atoms with van der Waals surface area (Å²) in [7, 11) is 0. The Morgan fingerprint density at radius 2 is 2.05 bits per heavy atom. The number of hydrogen-bond donors (Lipinski definition) is 3. The summed E-state index contributed by atoms with van der Waals surface area (Å²) < 4.78 is 0. The maximum absolute atomic E-state index is 12.1. The zero-order valence-electron chi connectivity index (χ0n) is 10.6. The van der Waals surface area contributed by atoms with Crippen LogP contribution in [0.5, 0.6) is 0 Å². The first-order valence-corrected chi connectivity index (χ1v) is 6.47. The molecular formula is C14H18N2O3. The van der Waals surface area contributed by atoms with Crippen molar-refractivity contribution >= 4 is 11.9 Å². The van der Waals surface area contributed by atoms with Crippen LogP contribution in [-0.4, -0.2) is 30.1 Å². The van der Waals surface area contributed by atoms with E-state index >= 15 is 0 Å². The van der Waals surface area contributed by atoms with E-state index in [4.69, 9.17) is 0 Å². The van der Waals surface area contributed by atoms with Gasteiger partial charge in [0.25, 0.3) is 0 Å². The summed E-state index contributed by atoms with van der Waals surface area (Å²) in [6.45, 7) is 1.54. The maximum Gasteiger partial charge on any atom is 0.330 e. The van der Waals surface area contributed by atoms with Gasteiger partial charge in [-0.1, -0.05) is 30.3 Å². The molecule has 5 heteroatoms. The first-order valence-electron chi connectivity index (χ1n) is 6.47. The Morgan fingerprint density at radius 3 is 2.63 bits per heavy atom. The van der Waals surface area contributed by atoms with Gasteiger partial charge in [0.1, 0.15) is 0 Å². The van der Waals surface area contributed by atoms with Gasteiger partial charge in [-0.15, -0.1) is 0 Å². The molecule has 2 atom stereocenters. The molecule has 1 amide bonds. The number of aliphatic carboxylic acids is 1. The van der Waals surface area contributed by atoms with Gasteiger partial charge >= 0.3 is 5.97 Å². The number of carbonyl (C=O) groups is 2. The van der Waals surface area contributed by atoms with E-state index in [9.17, 15) is 14.7 Å². The first kappa shape index (κ1) is 13.5. The van der Waals surface area contributed by atoms with Crippen LogP contribution >= 0.6 is 0 Å². The predicted octanol–water partition coefficient (Wildman–Crippen LogP) is 0.928. The Morgan fingerprint density at radius 1 is 1.32 bits per heavy atom. The first-order chi connectivity index (χ1) is 9.18. The summed E-state index contributed by atoms with van der Waals surface area (Å²) in [6.07, 6.45) is 1.75. The summed E-state index contributed by atoms with van der Waals surface area (Å²) in [6, 6.07) is 7.78. The smallest absolute Gasteiger partial charge is 0.330 e. The van der Waals surface area contributed by atoms with E-state index in [2.05, 4.69) is 10.6 Å². The summed E-state index contributed by atoms with van der Waals surface area (Å²) in [5.74, 6) is -1.37. The second kappa shape index (κ2) is 6.33. The number of carbonyl (C=O) groups excluding carboxylic acids is 1. The van der Waals surface area contributed by atoms with Crippen molar-refractivity contribution in [2.24, 2.45) is 5.92 Å². The Hall–Kier alpha value is -1.88. The Labute approximate surface area is 112 Å². The van der Waals surface area contributed by atoms with Gasteiger partial charge in [-0.3, -0.25) is 4.79 Å². The minimum Gasteiger partial charge on any atom is -0.479 e. The van der Waals surface area contributed by atoms with Crippen LogP contribution < -0.4 is 10.6 Å². The SMILES string of the molecule is O=C(O)C(NC(=O)[C@@H]1CCCNC1)c1ccccc1. The minimum atomic E-state index is -1.04. The zero-order valence-corrected chi connectivity index (χ0v) is 10.6. The van der Waals surface area contributed by atoms with Crippen molar-refractivity contribution in [3.63, 3.8) is 0 Å². The van der Waals surface area contributed by atoms with Gasteiger partial charge in [0, 0.05) is 6.54 Å². The number of carboxylic acids is 1. The van der Waals surface area contributed by atoms with Crippen LogP contribution in [0.15, 0.2) is 30.3 Å². The van der Waals surface area contributed by atoms with Crippen LogP contribution in [0.3, 0.4) is 0 Å². The highest BCUT2D eigenvalue weighted by Crippen LogP contribution is 2.16. The number of rotatable bonds is 4. The second-order valence-corrected chi connectivity index (χ2v) is 4.73. The van der Waals surface area contributed by atoms with Gasteiger partial charge < -0.3 is 15.7 Å². The topological polar surface area (TPSA) is 78.4 Å². The maximum atomic E-state index is 12.1. The molecule has 1 aromatic rings. The Kier molecular flexibility index (Phi) is 4.52. The summed E-state index contributed by atoms with van der Waals surface area (Å²) >= 11 is 0. The summed E-state index contributed by atoms with van der Waals surface area (Å²) in [5, 5.41) is 15.0. The molecule has 19 heavy (non-hydrogen) atoms. The van der Waals surface area contributed by atoms with Crippen molar-refractivity contribution in [2.45, 2.75) is 18.9 Å². The molecule has 3 N–H and O–H groups in total. The van der Waals surface area contributed by atoms with Crippen LogP contribution in [0.1, 0.15) is 24.4 Å². The van der Waals surface area contributed by atoms with Crippen LogP contribution in [-0.2, 0) is 9.59 Å². The number of piperidine rings is 1. The molecule has 1 unspecified atom stereocenters. The van der Waals surface area contributed by atoms with Crippen LogP contribution in [0.4, 0.5) is 0 Å². The number of hydrogen-bond acceptors (Lipinski definition) is 3. The van der Waals surface area contributed by atoms with Gasteiger partial charge in [-0.2, -0.15) is 0 Å². The zero-order chi connectivity index (χ0) is 13.7. The molecule has 5 nitrogen and oxygen atoms in total. The third-order valence-corrected chi connectivity index (χ3v) is 3.33. The monoisotopic (exact) mass is 262 g/mol. The second-order valence-electron chi connectivity index (χ2n) is 4.73. The predicted molar refractivity (Wildman–Crippen MR) is 70.6 cm³/mol. The van der Waals surface area contributed by atoms with Crippen molar-refractivity contribution in [1.82, 2.24) is 10.6 Å². The van der Waals surface area contributed by atoms with Gasteiger partial charge in [0.05, 0.1) is 5.92 Å². The van der Waals surface area contributed by atoms with Gasteiger partial charge in [-0.05, 0) is 24.9 Å². The van der Waals surface area contributed by atoms with E-state index in [1.165, 1.54) is 0 Å². The third-order valence-electron chi connectivity index (χ3n) is 3.33. The molecule has 1 aliphatic rings. The summed E-state index contributed by atoms with van der Waals surface area (Å²) in [4.78, 5) is 23.4. The van der Waals surface area contributed by atoms with Crippen molar-refractivity contribution in [3.8, 4) is 0 Å². The average Bonchev–Trinajstić information content (AvgIpc) is 2.46. The molecule has 102 valence electrons. The van der Waals surface area contributed by atoms with Gasteiger partial charge in [0.2, 0.25) is 5.91 Å². The molecule has 0 aliphatic carbocycles. The fourth-order valence-corrected chi connectivity index (χ4v) is 2.27. The highest BCUT2D eigenvalue weighted by molar-refractivity contribution is 5.86. The van der Waals surface area contributed by atoms with Crippen molar-refractivity contribution in [2.75, 3.05) is 13.1 Å². The lowest BCUT2D eigenvalue weighted by Gasteiger charge is -2.24. The van der Waals surface area contributed by atoms with Crippen LogP contribution in [0.25, 0.3) is 0 Å². The standard InChI is InChI=1S/C14H18N2O3/c17-13(11-7-4-8-15-9-11)16-12(14(18)19)10-5-2-1-3-6-10/h1-3,5-6,11-12,15H,4,7-9H2,(H,16,17)(H,18,19)/t11-,12?/m1/s1. The fourth-order valence-electron chi connectivity index (χ4n) is 2.27. The molecule has 0 spiro atoms. The fraction of sp³-hybridized carbons (Fsp3) is 0.429. The molecule has 0 bridgehead atoms. The highest BCUT2D eigenvalue weighted by Gasteiger charge is 2.27. The lowest BCUT2D eigenvalue weighted by molar-refractivity contribution is -0.142. The highest BCUT2D eigenvalue weighted by atomic mass is 16.4. The Balaban J connectivity index is 2.04. The van der Waals surface area contributed by atoms with Crippen LogP contribution in [0.2, 0.25) is 0 Å². The van der Waals surface area contributed by atoms with Crippen LogP contribution in [0, 0.1) is 5.92 Å². The molecule has 0 saturated carbocycles. The molecule has 1 saturated heterocycles. The van der Waals surface area contributed by atoms with Gasteiger partial charge in [-0.25, -0.2) is 4.79 Å². The molecule has 1 heterocycles. The number of nitrogens with one attached hydrogen (secondary N) is 2. The largest absolute Gasteiger partial charge is 0.479 e. The number of carboxylic acid groups (broad SMARTS) is 1. The van der Waals surface area contributed by atoms with Crippen molar-refractivity contribution < 1.29 is 14.7 Å². The molecule has 0 aromatic heterocycles. The van der Waals surface area contributed by atoms with E-state index in [0.29, 0.717) is 12.1 Å². The van der Waals surface area contributed by atoms with E-state index in [-0.39, 0.29) is 11.8 Å². The molecule has 0 radical (unpaired) electrons. The molecule has 1 aromatic carbocycles. The lowest BCUT2D eigenvalue weighted by atomic mass is 9.97. The molecule has 1 aliphatic heterocycles. The number of benzene rings is 1. The Bertz CT molecular complexity index is 441. The lowest BCUT2D eigenvalue weighted by Crippen LogP contribution is -2.43. The van der Waals surface area contributed by atoms with Gasteiger partial charge in [0.15, 0.2) is 6.04 Å². The normalized spacial score (nSPS) is 20.5. The van der Waals surface area contributed by atoms with E-state index in [1.54, 1.807) is 24.3 Å². The van der Waals surface area contributed by atoms with Crippen molar-refractivity contribution in [3.05, 3.63) is 35.9 Å². The molecule has 1 fully saturated rings. The van der Waals surface area contributed by atoms with E-state index in [1.807, 2.05) is 6.07 Å². The van der Waals surface area contributed by atoms with E-state index < -0.39 is 12.0 Å². The minimum absolute atomic E-state index is 0.140.